The first-order valence-electron chi connectivity index (χ1n) is 7.69. The maximum absolute atomic E-state index is 12.1. The van der Waals surface area contributed by atoms with Gasteiger partial charge in [-0.15, -0.1) is 11.3 Å². The number of nitrogens with one attached hydrogen (secondary N) is 2. The molecule has 1 aromatic carbocycles. The summed E-state index contributed by atoms with van der Waals surface area (Å²) < 4.78 is 5.34. The Morgan fingerprint density at radius 2 is 1.96 bits per heavy atom. The molecular weight excluding hydrogens is 324 g/mol. The highest BCUT2D eigenvalue weighted by molar-refractivity contribution is 7.13. The highest BCUT2D eigenvalue weighted by Crippen LogP contribution is 2.25. The number of carbonyl (C=O) groups excluding carboxylic acids is 2. The Bertz CT molecular complexity index is 740. The lowest BCUT2D eigenvalue weighted by Crippen LogP contribution is -2.37. The molecule has 2 rings (SSSR count). The van der Waals surface area contributed by atoms with Crippen LogP contribution in [0.2, 0.25) is 0 Å². The molecular formula is C18H22N2O3S. The van der Waals surface area contributed by atoms with Crippen LogP contribution in [0.5, 0.6) is 5.75 Å². The van der Waals surface area contributed by atoms with E-state index in [4.69, 9.17) is 4.74 Å². The molecule has 0 aliphatic heterocycles. The number of thiophene rings is 1. The van der Waals surface area contributed by atoms with Crippen molar-refractivity contribution in [2.24, 2.45) is 0 Å². The summed E-state index contributed by atoms with van der Waals surface area (Å²) >= 11 is 1.40. The number of aryl methyl sites for hydroxylation is 2. The van der Waals surface area contributed by atoms with E-state index in [0.717, 1.165) is 21.8 Å². The van der Waals surface area contributed by atoms with Gasteiger partial charge >= 0.3 is 0 Å². The summed E-state index contributed by atoms with van der Waals surface area (Å²) in [4.78, 5) is 25.7. The molecule has 2 N–H and O–H groups in total. The van der Waals surface area contributed by atoms with E-state index in [-0.39, 0.29) is 24.4 Å². The number of benzene rings is 1. The summed E-state index contributed by atoms with van der Waals surface area (Å²) in [5.74, 6) is 0.253. The fourth-order valence-corrected chi connectivity index (χ4v) is 3.15. The smallest absolute Gasteiger partial charge is 0.261 e. The third-order valence-corrected chi connectivity index (χ3v) is 4.60. The Morgan fingerprint density at radius 1 is 1.21 bits per heavy atom. The van der Waals surface area contributed by atoms with Crippen molar-refractivity contribution < 1.29 is 14.3 Å². The monoisotopic (exact) mass is 346 g/mol. The topological polar surface area (TPSA) is 67.4 Å². The van der Waals surface area contributed by atoms with Gasteiger partial charge in [-0.2, -0.15) is 0 Å². The molecule has 6 heteroatoms. The molecule has 0 saturated carbocycles. The van der Waals surface area contributed by atoms with Gasteiger partial charge in [0.2, 0.25) is 5.91 Å². The average molecular weight is 346 g/mol. The quantitative estimate of drug-likeness (QED) is 0.845. The van der Waals surface area contributed by atoms with Crippen LogP contribution in [0.25, 0.3) is 0 Å². The summed E-state index contributed by atoms with van der Waals surface area (Å²) in [6.07, 6.45) is 0. The van der Waals surface area contributed by atoms with E-state index < -0.39 is 0 Å². The molecule has 1 aromatic heterocycles. The van der Waals surface area contributed by atoms with Gasteiger partial charge in [0.15, 0.2) is 0 Å². The lowest BCUT2D eigenvalue weighted by Gasteiger charge is -2.18. The van der Waals surface area contributed by atoms with Crippen LogP contribution in [-0.4, -0.2) is 25.5 Å². The Labute approximate surface area is 146 Å². The largest absolute Gasteiger partial charge is 0.496 e. The Balaban J connectivity index is 1.92. The number of ether oxygens (including phenoxy) is 1. The van der Waals surface area contributed by atoms with E-state index in [9.17, 15) is 9.59 Å². The van der Waals surface area contributed by atoms with Crippen LogP contribution >= 0.6 is 11.3 Å². The van der Waals surface area contributed by atoms with E-state index in [1.54, 1.807) is 13.2 Å². The van der Waals surface area contributed by atoms with Crippen LogP contribution in [0.4, 0.5) is 0 Å². The first-order valence-corrected chi connectivity index (χ1v) is 8.51. The number of methoxy groups -OCH3 is 1. The molecule has 0 fully saturated rings. The lowest BCUT2D eigenvalue weighted by atomic mass is 10.0. The second-order valence-electron chi connectivity index (χ2n) is 5.63. The number of rotatable bonds is 6. The lowest BCUT2D eigenvalue weighted by molar-refractivity contribution is -0.120. The zero-order valence-corrected chi connectivity index (χ0v) is 15.1. The van der Waals surface area contributed by atoms with Crippen LogP contribution in [0.3, 0.4) is 0 Å². The number of carbonyl (C=O) groups is 2. The van der Waals surface area contributed by atoms with Gasteiger partial charge in [0.25, 0.3) is 5.91 Å². The molecule has 128 valence electrons. The van der Waals surface area contributed by atoms with Gasteiger partial charge in [-0.05, 0) is 39.0 Å². The molecule has 2 amide bonds. The molecule has 1 unspecified atom stereocenters. The van der Waals surface area contributed by atoms with Gasteiger partial charge in [-0.25, -0.2) is 0 Å². The summed E-state index contributed by atoms with van der Waals surface area (Å²) in [6.45, 7) is 5.75. The first-order chi connectivity index (χ1) is 11.4. The molecule has 24 heavy (non-hydrogen) atoms. The van der Waals surface area contributed by atoms with Crippen molar-refractivity contribution in [3.8, 4) is 5.75 Å². The number of amides is 2. The van der Waals surface area contributed by atoms with Gasteiger partial charge in [0.05, 0.1) is 24.6 Å². The molecule has 0 spiro atoms. The van der Waals surface area contributed by atoms with Gasteiger partial charge in [-0.1, -0.05) is 17.7 Å². The molecule has 1 atom stereocenters. The molecule has 5 nitrogen and oxygen atoms in total. The Morgan fingerprint density at radius 3 is 2.58 bits per heavy atom. The number of hydrogen-bond donors (Lipinski definition) is 2. The molecule has 2 aromatic rings. The minimum absolute atomic E-state index is 0.0613. The summed E-state index contributed by atoms with van der Waals surface area (Å²) in [5.41, 5.74) is 2.00. The van der Waals surface area contributed by atoms with Crippen LogP contribution in [0.1, 0.15) is 38.6 Å². The van der Waals surface area contributed by atoms with Crippen molar-refractivity contribution in [2.75, 3.05) is 13.7 Å². The zero-order chi connectivity index (χ0) is 17.7. The van der Waals surface area contributed by atoms with Crippen LogP contribution in [0.15, 0.2) is 30.3 Å². The van der Waals surface area contributed by atoms with Crippen LogP contribution in [0, 0.1) is 13.8 Å². The van der Waals surface area contributed by atoms with E-state index in [0.29, 0.717) is 4.88 Å². The van der Waals surface area contributed by atoms with Crippen molar-refractivity contribution >= 4 is 23.2 Å². The van der Waals surface area contributed by atoms with Crippen molar-refractivity contribution in [3.05, 3.63) is 51.2 Å². The highest BCUT2D eigenvalue weighted by atomic mass is 32.1. The van der Waals surface area contributed by atoms with E-state index >= 15 is 0 Å². The van der Waals surface area contributed by atoms with Gasteiger partial charge in [0.1, 0.15) is 5.75 Å². The SMILES string of the molecule is COc1ccc(C)cc1C(C)NC(=O)CNC(=O)c1ccc(C)s1. The van der Waals surface area contributed by atoms with Crippen molar-refractivity contribution in [1.82, 2.24) is 10.6 Å². The minimum Gasteiger partial charge on any atom is -0.496 e. The predicted molar refractivity (Wildman–Crippen MR) is 95.7 cm³/mol. The molecule has 0 bridgehead atoms. The second-order valence-corrected chi connectivity index (χ2v) is 6.92. The second kappa shape index (κ2) is 7.97. The predicted octanol–water partition coefficient (Wildman–Crippen LogP) is 2.98. The molecule has 0 aliphatic carbocycles. The third kappa shape index (κ3) is 4.58. The van der Waals surface area contributed by atoms with Gasteiger partial charge in [-0.3, -0.25) is 9.59 Å². The Hall–Kier alpha value is -2.34. The third-order valence-electron chi connectivity index (χ3n) is 3.60. The molecule has 0 aliphatic rings. The average Bonchev–Trinajstić information content (AvgIpc) is 2.99. The van der Waals surface area contributed by atoms with Gasteiger partial charge < -0.3 is 15.4 Å². The fourth-order valence-electron chi connectivity index (χ4n) is 2.37. The summed E-state index contributed by atoms with van der Waals surface area (Å²) in [5, 5.41) is 5.52. The van der Waals surface area contributed by atoms with Crippen LogP contribution in [-0.2, 0) is 4.79 Å². The number of hydrogen-bond acceptors (Lipinski definition) is 4. The van der Waals surface area contributed by atoms with E-state index in [1.807, 2.05) is 45.0 Å². The molecule has 1 heterocycles. The van der Waals surface area contributed by atoms with E-state index in [2.05, 4.69) is 10.6 Å². The maximum Gasteiger partial charge on any atom is 0.261 e. The Kier molecular flexibility index (Phi) is 5.98. The standard InChI is InChI=1S/C18H22N2O3S/c1-11-5-7-15(23-4)14(9-11)13(3)20-17(21)10-19-18(22)16-8-6-12(2)24-16/h5-9,13H,10H2,1-4H3,(H,19,22)(H,20,21). The van der Waals surface area contributed by atoms with Crippen molar-refractivity contribution in [1.29, 1.82) is 0 Å². The highest BCUT2D eigenvalue weighted by Gasteiger charge is 2.15. The van der Waals surface area contributed by atoms with Crippen molar-refractivity contribution in [3.63, 3.8) is 0 Å². The minimum atomic E-state index is -0.243. The molecule has 0 radical (unpaired) electrons. The van der Waals surface area contributed by atoms with Crippen molar-refractivity contribution in [2.45, 2.75) is 26.8 Å². The summed E-state index contributed by atoms with van der Waals surface area (Å²) in [7, 11) is 1.60. The first kappa shape index (κ1) is 18.0. The zero-order valence-electron chi connectivity index (χ0n) is 14.3. The fraction of sp³-hybridized carbons (Fsp3) is 0.333. The van der Waals surface area contributed by atoms with E-state index in [1.165, 1.54) is 11.3 Å². The van der Waals surface area contributed by atoms with Gasteiger partial charge in [0, 0.05) is 10.4 Å². The summed E-state index contributed by atoms with van der Waals surface area (Å²) in [6, 6.07) is 9.25. The maximum atomic E-state index is 12.1. The normalized spacial score (nSPS) is 11.7. The molecule has 0 saturated heterocycles. The van der Waals surface area contributed by atoms with Crippen LogP contribution < -0.4 is 15.4 Å².